The van der Waals surface area contributed by atoms with Crippen molar-refractivity contribution in [3.8, 4) is 0 Å². The van der Waals surface area contributed by atoms with Crippen molar-refractivity contribution in [1.29, 1.82) is 0 Å². The Morgan fingerprint density at radius 2 is 1.69 bits per heavy atom. The lowest BCUT2D eigenvalue weighted by Crippen LogP contribution is -2.51. The summed E-state index contributed by atoms with van der Waals surface area (Å²) in [6, 6.07) is -0.511. The minimum Gasteiger partial charge on any atom is -0.463 e. The minimum absolute atomic E-state index is 0.00388. The molecule has 0 aliphatic rings. The SMILES string of the molecule is CC(C)OC(=O)C[C@H](NP(=O)(CO[C@H](C)Cn1cnc2c(N)ncnc21)NC(C)(C)C(=O)OC(C)C)C(C)C. The lowest BCUT2D eigenvalue weighted by Gasteiger charge is -2.34. The van der Waals surface area contributed by atoms with Gasteiger partial charge in [0.05, 0.1) is 37.6 Å². The fourth-order valence-corrected chi connectivity index (χ4v) is 6.33. The Bertz CT molecular complexity index is 1170. The molecule has 1 unspecified atom stereocenters. The van der Waals surface area contributed by atoms with Gasteiger partial charge in [0.2, 0.25) is 7.44 Å². The standard InChI is InChI=1S/C25H44N7O6P/c1-15(2)19(10-20(33)37-16(3)4)30-39(35,31-25(8,9)24(34)38-17(5)6)14-36-18(7)11-32-13-29-21-22(26)27-12-28-23(21)32/h12-13,15-19H,10-11,14H2,1-9H3,(H2,26,27,28)(H2,30,31,35)/t18-,19+,39?/m1/s1. The monoisotopic (exact) mass is 569 g/mol. The maximum atomic E-state index is 14.3. The second-order valence-electron chi connectivity index (χ2n) is 11.1. The van der Waals surface area contributed by atoms with E-state index in [0.717, 1.165) is 0 Å². The van der Waals surface area contributed by atoms with Crippen molar-refractivity contribution in [2.24, 2.45) is 5.92 Å². The molecule has 39 heavy (non-hydrogen) atoms. The number of hydrogen-bond donors (Lipinski definition) is 3. The van der Waals surface area contributed by atoms with Crippen molar-refractivity contribution >= 4 is 36.4 Å². The summed E-state index contributed by atoms with van der Waals surface area (Å²) in [6.07, 6.45) is 1.63. The van der Waals surface area contributed by atoms with E-state index in [1.54, 1.807) is 52.4 Å². The van der Waals surface area contributed by atoms with Gasteiger partial charge in [0, 0.05) is 6.04 Å². The molecule has 14 heteroatoms. The van der Waals surface area contributed by atoms with Gasteiger partial charge >= 0.3 is 11.9 Å². The highest BCUT2D eigenvalue weighted by molar-refractivity contribution is 7.59. The molecule has 0 saturated carbocycles. The Morgan fingerprint density at radius 3 is 2.28 bits per heavy atom. The molecule has 0 radical (unpaired) electrons. The van der Waals surface area contributed by atoms with Crippen LogP contribution < -0.4 is 15.9 Å². The number of anilines is 1. The Hall–Kier alpha value is -2.60. The molecule has 220 valence electrons. The van der Waals surface area contributed by atoms with E-state index < -0.39 is 37.1 Å². The maximum Gasteiger partial charge on any atom is 0.326 e. The summed E-state index contributed by atoms with van der Waals surface area (Å²) in [7, 11) is -3.64. The minimum atomic E-state index is -3.64. The smallest absolute Gasteiger partial charge is 0.326 e. The number of nitrogens with two attached hydrogens (primary N) is 1. The van der Waals surface area contributed by atoms with Gasteiger partial charge in [-0.2, -0.15) is 0 Å². The molecule has 2 aromatic rings. The highest BCUT2D eigenvalue weighted by Crippen LogP contribution is 2.41. The Labute approximate surface area is 230 Å². The van der Waals surface area contributed by atoms with Crippen molar-refractivity contribution in [3.05, 3.63) is 12.7 Å². The van der Waals surface area contributed by atoms with E-state index in [2.05, 4.69) is 25.1 Å². The molecule has 2 heterocycles. The van der Waals surface area contributed by atoms with Crippen LogP contribution in [0.3, 0.4) is 0 Å². The first kappa shape index (κ1) is 32.6. The summed E-state index contributed by atoms with van der Waals surface area (Å²) < 4.78 is 32.8. The number of ether oxygens (including phenoxy) is 3. The molecule has 3 atom stereocenters. The van der Waals surface area contributed by atoms with Crippen LogP contribution in [0.15, 0.2) is 12.7 Å². The number of nitrogens with zero attached hydrogens (tertiary/aromatic N) is 4. The van der Waals surface area contributed by atoms with Crippen LogP contribution in [0.25, 0.3) is 11.2 Å². The van der Waals surface area contributed by atoms with Crippen LogP contribution in [0.1, 0.15) is 68.7 Å². The van der Waals surface area contributed by atoms with Crippen molar-refractivity contribution in [1.82, 2.24) is 29.7 Å². The fourth-order valence-electron chi connectivity index (χ4n) is 3.74. The largest absolute Gasteiger partial charge is 0.463 e. The van der Waals surface area contributed by atoms with Gasteiger partial charge in [-0.15, -0.1) is 0 Å². The summed E-state index contributed by atoms with van der Waals surface area (Å²) in [5.74, 6) is -0.777. The Kier molecular flexibility index (Phi) is 11.4. The molecule has 0 spiro atoms. The Morgan fingerprint density at radius 1 is 1.05 bits per heavy atom. The van der Waals surface area contributed by atoms with E-state index in [4.69, 9.17) is 19.9 Å². The van der Waals surface area contributed by atoms with Crippen LogP contribution in [-0.4, -0.2) is 67.7 Å². The first-order chi connectivity index (χ1) is 18.0. The van der Waals surface area contributed by atoms with E-state index in [1.165, 1.54) is 6.33 Å². The van der Waals surface area contributed by atoms with Crippen LogP contribution in [-0.2, 0) is 34.9 Å². The van der Waals surface area contributed by atoms with Gasteiger partial charge in [-0.25, -0.2) is 25.1 Å². The molecule has 0 bridgehead atoms. The van der Waals surface area contributed by atoms with Gasteiger partial charge in [0.1, 0.15) is 23.7 Å². The highest BCUT2D eigenvalue weighted by Gasteiger charge is 2.40. The van der Waals surface area contributed by atoms with Gasteiger partial charge in [-0.3, -0.25) is 14.2 Å². The summed E-state index contributed by atoms with van der Waals surface area (Å²) >= 11 is 0. The topological polar surface area (TPSA) is 173 Å². The lowest BCUT2D eigenvalue weighted by molar-refractivity contribution is -0.153. The number of carbonyl (C=O) groups excluding carboxylic acids is 2. The number of nitrogens with one attached hydrogen (secondary N) is 2. The quantitative estimate of drug-likeness (QED) is 0.211. The summed E-state index contributed by atoms with van der Waals surface area (Å²) in [5.41, 5.74) is 5.61. The van der Waals surface area contributed by atoms with Crippen LogP contribution in [0, 0.1) is 5.92 Å². The number of rotatable bonds is 15. The highest BCUT2D eigenvalue weighted by atomic mass is 31.2. The predicted octanol–water partition coefficient (Wildman–Crippen LogP) is 3.24. The number of hydrogen-bond acceptors (Lipinski definition) is 10. The van der Waals surface area contributed by atoms with Crippen LogP contribution in [0.5, 0.6) is 0 Å². The van der Waals surface area contributed by atoms with E-state index in [-0.39, 0.29) is 36.7 Å². The number of esters is 2. The van der Waals surface area contributed by atoms with E-state index >= 15 is 0 Å². The summed E-state index contributed by atoms with van der Waals surface area (Å²) in [6.45, 7) is 16.2. The Balaban J connectivity index is 2.24. The van der Waals surface area contributed by atoms with Crippen LogP contribution >= 0.6 is 7.44 Å². The van der Waals surface area contributed by atoms with Crippen molar-refractivity contribution in [2.75, 3.05) is 12.1 Å². The molecule has 0 amide bonds. The molecule has 0 aliphatic carbocycles. The normalized spacial score (nSPS) is 15.5. The summed E-state index contributed by atoms with van der Waals surface area (Å²) in [5, 5.41) is 6.07. The number of aromatic nitrogens is 4. The molecule has 13 nitrogen and oxygen atoms in total. The third kappa shape index (κ3) is 9.82. The zero-order chi connectivity index (χ0) is 29.5. The van der Waals surface area contributed by atoms with E-state index in [0.29, 0.717) is 17.7 Å². The van der Waals surface area contributed by atoms with Gasteiger partial charge in [0.15, 0.2) is 11.5 Å². The second-order valence-corrected chi connectivity index (χ2v) is 13.3. The predicted molar refractivity (Wildman–Crippen MR) is 149 cm³/mol. The molecule has 4 N–H and O–H groups in total. The molecule has 0 aromatic carbocycles. The average Bonchev–Trinajstić information content (AvgIpc) is 3.20. The molecule has 0 saturated heterocycles. The van der Waals surface area contributed by atoms with E-state index in [1.807, 2.05) is 20.8 Å². The molecule has 2 aromatic heterocycles. The number of fused-ring (bicyclic) bond motifs is 1. The number of nitrogen functional groups attached to an aromatic ring is 1. The average molecular weight is 570 g/mol. The second kappa shape index (κ2) is 13.6. The number of imidazole rings is 1. The molecule has 0 aliphatic heterocycles. The van der Waals surface area contributed by atoms with E-state index in [9.17, 15) is 14.2 Å². The zero-order valence-corrected chi connectivity index (χ0v) is 25.3. The first-order valence-corrected chi connectivity index (χ1v) is 15.0. The summed E-state index contributed by atoms with van der Waals surface area (Å²) in [4.78, 5) is 37.7. The van der Waals surface area contributed by atoms with Gasteiger partial charge < -0.3 is 24.5 Å². The lowest BCUT2D eigenvalue weighted by atomic mass is 10.0. The van der Waals surface area contributed by atoms with Gasteiger partial charge in [0.25, 0.3) is 0 Å². The van der Waals surface area contributed by atoms with Crippen molar-refractivity contribution in [3.63, 3.8) is 0 Å². The molecular weight excluding hydrogens is 525 g/mol. The maximum absolute atomic E-state index is 14.3. The van der Waals surface area contributed by atoms with Gasteiger partial charge in [-0.05, 0) is 54.4 Å². The third-order valence-electron chi connectivity index (χ3n) is 5.67. The third-order valence-corrected chi connectivity index (χ3v) is 7.85. The number of carbonyl (C=O) groups is 2. The molecular formula is C25H44N7O6P. The van der Waals surface area contributed by atoms with Crippen molar-refractivity contribution in [2.45, 2.75) is 105 Å². The molecule has 2 rings (SSSR count). The van der Waals surface area contributed by atoms with Crippen LogP contribution in [0.2, 0.25) is 0 Å². The zero-order valence-electron chi connectivity index (χ0n) is 24.4. The molecule has 0 fully saturated rings. The fraction of sp³-hybridized carbons (Fsp3) is 0.720. The van der Waals surface area contributed by atoms with Crippen molar-refractivity contribution < 1.29 is 28.4 Å². The van der Waals surface area contributed by atoms with Gasteiger partial charge in [-0.1, -0.05) is 13.8 Å². The van der Waals surface area contributed by atoms with Crippen LogP contribution in [0.4, 0.5) is 5.82 Å². The first-order valence-electron chi connectivity index (χ1n) is 13.1.